The van der Waals surface area contributed by atoms with Gasteiger partial charge in [-0.05, 0) is 124 Å². The maximum Gasteiger partial charge on any atom is 0.306 e. The van der Waals surface area contributed by atoms with Crippen LogP contribution in [0.4, 0.5) is 0 Å². The van der Waals surface area contributed by atoms with Gasteiger partial charge in [-0.3, -0.25) is 19.2 Å². The second-order valence-electron chi connectivity index (χ2n) is 23.5. The second-order valence-corrected chi connectivity index (χ2v) is 23.5. The number of carbonyl (C=O) groups excluding carboxylic acids is 4. The van der Waals surface area contributed by atoms with Gasteiger partial charge in [0.2, 0.25) is 0 Å². The molecule has 4 N–H and O–H groups in total. The van der Waals surface area contributed by atoms with Gasteiger partial charge in [-0.1, -0.05) is 0 Å². The zero-order valence-electron chi connectivity index (χ0n) is 41.1. The van der Waals surface area contributed by atoms with Gasteiger partial charge in [0.25, 0.3) is 0 Å². The molecule has 16 heteroatoms. The Labute approximate surface area is 371 Å². The van der Waals surface area contributed by atoms with Gasteiger partial charge >= 0.3 is 23.9 Å². The van der Waals surface area contributed by atoms with E-state index in [9.17, 15) is 40.0 Å². The van der Waals surface area contributed by atoms with E-state index >= 15 is 0 Å². The van der Waals surface area contributed by atoms with Crippen molar-refractivity contribution in [3.63, 3.8) is 0 Å². The van der Waals surface area contributed by atoms with Crippen molar-refractivity contribution in [2.75, 3.05) is 0 Å². The standard InChI is InChI=1S/C24H44N2O6.C22H40N2O6/c1-21(2)13-17(14-22(3,4)25(21)29)31-19(27)11-9-10-12-20(28)32-18-15-23(5,6)26(30)24(7,8)16-18;1-19(2)11-15(12-20(3,4)23(19)27)29-17(25)9-10-18(26)30-16-13-21(5,6)24(28)22(7,8)14-16/h17-18,29-30H,9-16H2,1-8H3;15-16,27-28H,9-14H2,1-8H3. The lowest BCUT2D eigenvalue weighted by Crippen LogP contribution is -2.60. The highest BCUT2D eigenvalue weighted by atomic mass is 16.6. The van der Waals surface area contributed by atoms with Crippen molar-refractivity contribution < 1.29 is 59.0 Å². The van der Waals surface area contributed by atoms with Crippen molar-refractivity contribution in [1.82, 2.24) is 20.3 Å². The van der Waals surface area contributed by atoms with Crippen molar-refractivity contribution >= 4 is 23.9 Å². The molecule has 0 saturated carbocycles. The number of piperidine rings is 4. The lowest BCUT2D eigenvalue weighted by atomic mass is 9.80. The number of hydrogen-bond donors (Lipinski definition) is 4. The minimum Gasteiger partial charge on any atom is -0.462 e. The summed E-state index contributed by atoms with van der Waals surface area (Å²) >= 11 is 0. The van der Waals surface area contributed by atoms with E-state index < -0.39 is 56.3 Å². The molecule has 0 radical (unpaired) electrons. The molecule has 0 bridgehead atoms. The average Bonchev–Trinajstić information content (AvgIpc) is 3.07. The third-order valence-electron chi connectivity index (χ3n) is 13.1. The van der Waals surface area contributed by atoms with Crippen molar-refractivity contribution in [3.05, 3.63) is 0 Å². The van der Waals surface area contributed by atoms with Crippen LogP contribution in [0.1, 0.15) is 201 Å². The minimum absolute atomic E-state index is 0.0370. The summed E-state index contributed by atoms with van der Waals surface area (Å²) in [5, 5.41) is 46.8. The third-order valence-corrected chi connectivity index (χ3v) is 13.1. The predicted octanol–water partition coefficient (Wildman–Crippen LogP) is 8.13. The van der Waals surface area contributed by atoms with Crippen LogP contribution in [0.15, 0.2) is 0 Å². The average molecular weight is 885 g/mol. The maximum absolute atomic E-state index is 12.3. The molecule has 4 saturated heterocycles. The highest BCUT2D eigenvalue weighted by molar-refractivity contribution is 5.78. The number of hydroxylamine groups is 8. The number of nitrogens with zero attached hydrogens (tertiary/aromatic N) is 4. The van der Waals surface area contributed by atoms with Gasteiger partial charge in [0.15, 0.2) is 0 Å². The molecule has 0 aromatic heterocycles. The van der Waals surface area contributed by atoms with Gasteiger partial charge in [-0.25, -0.2) is 0 Å². The first-order valence-electron chi connectivity index (χ1n) is 22.7. The van der Waals surface area contributed by atoms with Crippen LogP contribution < -0.4 is 0 Å². The van der Waals surface area contributed by atoms with E-state index in [-0.39, 0.29) is 62.0 Å². The molecule has 4 rings (SSSR count). The largest absolute Gasteiger partial charge is 0.462 e. The van der Waals surface area contributed by atoms with Crippen molar-refractivity contribution in [3.8, 4) is 0 Å². The zero-order chi connectivity index (χ0) is 47.7. The Morgan fingerprint density at radius 3 is 0.645 bits per heavy atom. The number of esters is 4. The third kappa shape index (κ3) is 14.3. The van der Waals surface area contributed by atoms with Gasteiger partial charge in [-0.15, -0.1) is 0 Å². The van der Waals surface area contributed by atoms with Crippen LogP contribution in [0.25, 0.3) is 0 Å². The molecule has 16 nitrogen and oxygen atoms in total. The fourth-order valence-electron chi connectivity index (χ4n) is 10.8. The highest BCUT2D eigenvalue weighted by Crippen LogP contribution is 2.41. The van der Waals surface area contributed by atoms with Gasteiger partial charge < -0.3 is 39.8 Å². The smallest absolute Gasteiger partial charge is 0.306 e. The van der Waals surface area contributed by atoms with Gasteiger partial charge in [0.05, 0.1) is 12.8 Å². The first-order chi connectivity index (χ1) is 27.9. The van der Waals surface area contributed by atoms with Gasteiger partial charge in [0, 0.05) is 109 Å². The Balaban J connectivity index is 0.000000331. The zero-order valence-corrected chi connectivity index (χ0v) is 41.1. The number of hydrogen-bond acceptors (Lipinski definition) is 16. The summed E-state index contributed by atoms with van der Waals surface area (Å²) in [6.07, 6.45) is 4.87. The Kier molecular flexibility index (Phi) is 17.0. The summed E-state index contributed by atoms with van der Waals surface area (Å²) < 4.78 is 22.6. The van der Waals surface area contributed by atoms with Crippen molar-refractivity contribution in [1.29, 1.82) is 0 Å². The van der Waals surface area contributed by atoms with Crippen molar-refractivity contribution in [2.24, 2.45) is 0 Å². The lowest BCUT2D eigenvalue weighted by molar-refractivity contribution is -0.260. The SMILES string of the molecule is CC1(C)CC(OC(=O)CCC(=O)OC2CC(C)(C)N(O)C(C)(C)C2)CC(C)(C)N1O.CC1(C)CC(OC(=O)CCCCC(=O)OC2CC(C)(C)N(O)C(C)(C)C2)CC(C)(C)N1O. The fraction of sp³-hybridized carbons (Fsp3) is 0.913. The van der Waals surface area contributed by atoms with Gasteiger partial charge in [-0.2, -0.15) is 20.3 Å². The lowest BCUT2D eigenvalue weighted by Gasteiger charge is -2.51. The first-order valence-corrected chi connectivity index (χ1v) is 22.7. The number of unbranched alkanes of at least 4 members (excludes halogenated alkanes) is 1. The number of carbonyl (C=O) groups is 4. The molecule has 0 atom stereocenters. The molecule has 4 aliphatic rings. The molecule has 0 unspecified atom stereocenters. The van der Waals surface area contributed by atoms with Crippen LogP contribution in [-0.4, -0.2) is 134 Å². The van der Waals surface area contributed by atoms with Crippen LogP contribution in [0.5, 0.6) is 0 Å². The van der Waals surface area contributed by atoms with Crippen LogP contribution >= 0.6 is 0 Å². The van der Waals surface area contributed by atoms with E-state index in [0.717, 1.165) is 0 Å². The molecule has 4 heterocycles. The monoisotopic (exact) mass is 885 g/mol. The molecule has 360 valence electrons. The van der Waals surface area contributed by atoms with E-state index in [1.807, 2.05) is 111 Å². The van der Waals surface area contributed by atoms with Crippen molar-refractivity contribution in [2.45, 2.75) is 269 Å². The molecule has 4 aliphatic heterocycles. The normalized spacial score (nSPS) is 26.4. The van der Waals surface area contributed by atoms with Crippen LogP contribution in [0, 0.1) is 0 Å². The summed E-state index contributed by atoms with van der Waals surface area (Å²) in [5.74, 6) is -1.39. The molecule has 0 aromatic rings. The Morgan fingerprint density at radius 1 is 0.339 bits per heavy atom. The topological polar surface area (TPSA) is 199 Å². The highest BCUT2D eigenvalue weighted by Gasteiger charge is 2.49. The summed E-state index contributed by atoms with van der Waals surface area (Å²) in [4.78, 5) is 49.2. The Hall–Kier alpha value is -2.44. The molecule has 0 aliphatic carbocycles. The fourth-order valence-corrected chi connectivity index (χ4v) is 10.8. The quantitative estimate of drug-likeness (QED) is 0.0831. The first kappa shape index (κ1) is 53.9. The van der Waals surface area contributed by atoms with E-state index in [2.05, 4.69) is 0 Å². The predicted molar refractivity (Wildman–Crippen MR) is 231 cm³/mol. The molecule has 62 heavy (non-hydrogen) atoms. The van der Waals surface area contributed by atoms with Crippen LogP contribution in [0.3, 0.4) is 0 Å². The van der Waals surface area contributed by atoms with Crippen LogP contribution in [0.2, 0.25) is 0 Å². The molecular weight excluding hydrogens is 801 g/mol. The summed E-state index contributed by atoms with van der Waals surface area (Å²) in [5.41, 5.74) is -3.89. The summed E-state index contributed by atoms with van der Waals surface area (Å²) in [7, 11) is 0. The molecular formula is C46H84N4O12. The van der Waals surface area contributed by atoms with E-state index in [4.69, 9.17) is 18.9 Å². The van der Waals surface area contributed by atoms with E-state index in [1.54, 1.807) is 0 Å². The summed E-state index contributed by atoms with van der Waals surface area (Å²) in [6.45, 7) is 30.8. The number of rotatable bonds is 12. The number of ether oxygens (including phenoxy) is 4. The Bertz CT molecular complexity index is 1390. The molecule has 4 fully saturated rings. The Morgan fingerprint density at radius 2 is 0.484 bits per heavy atom. The molecule has 0 spiro atoms. The molecule has 0 amide bonds. The minimum atomic E-state index is -0.507. The van der Waals surface area contributed by atoms with Gasteiger partial charge in [0.1, 0.15) is 24.4 Å². The van der Waals surface area contributed by atoms with E-state index in [0.29, 0.717) is 64.2 Å². The second kappa shape index (κ2) is 19.6. The van der Waals surface area contributed by atoms with Crippen LogP contribution in [-0.2, 0) is 38.1 Å². The summed E-state index contributed by atoms with van der Waals surface area (Å²) in [6, 6.07) is 0. The molecule has 0 aromatic carbocycles. The van der Waals surface area contributed by atoms with E-state index in [1.165, 1.54) is 20.3 Å². The maximum atomic E-state index is 12.3.